The van der Waals surface area contributed by atoms with E-state index >= 15 is 0 Å². The fourth-order valence-electron chi connectivity index (χ4n) is 2.27. The third-order valence-corrected chi connectivity index (χ3v) is 3.23. The first kappa shape index (κ1) is 11.8. The Morgan fingerprint density at radius 1 is 1.21 bits per heavy atom. The van der Waals surface area contributed by atoms with E-state index in [0.717, 1.165) is 24.0 Å². The van der Waals surface area contributed by atoms with Crippen LogP contribution in [0.1, 0.15) is 5.56 Å². The van der Waals surface area contributed by atoms with Crippen LogP contribution in [0.2, 0.25) is 0 Å². The first-order chi connectivity index (χ1) is 9.24. The van der Waals surface area contributed by atoms with E-state index in [1.54, 1.807) is 6.07 Å². The van der Waals surface area contributed by atoms with Gasteiger partial charge >= 0.3 is 0 Å². The fraction of sp³-hybridized carbons (Fsp3) is 0.200. The molecule has 2 aromatic carbocycles. The highest BCUT2D eigenvalue weighted by Crippen LogP contribution is 2.33. The number of nitrogens with zero attached hydrogens (tertiary/aromatic N) is 1. The molecule has 0 aliphatic carbocycles. The molecule has 0 saturated heterocycles. The molecule has 1 heterocycles. The van der Waals surface area contributed by atoms with E-state index in [4.69, 9.17) is 4.74 Å². The summed E-state index contributed by atoms with van der Waals surface area (Å²) in [7, 11) is 0. The molecule has 98 valence electrons. The van der Waals surface area contributed by atoms with E-state index in [2.05, 4.69) is 4.90 Å². The quantitative estimate of drug-likeness (QED) is 0.900. The molecule has 0 amide bonds. The maximum atomic E-state index is 13.0. The van der Waals surface area contributed by atoms with Gasteiger partial charge in [-0.2, -0.15) is 0 Å². The van der Waals surface area contributed by atoms with E-state index in [-0.39, 0.29) is 5.75 Å². The Morgan fingerprint density at radius 2 is 2.05 bits per heavy atom. The molecule has 0 saturated carbocycles. The lowest BCUT2D eigenvalue weighted by molar-refractivity contribution is 0.306. The van der Waals surface area contributed by atoms with Gasteiger partial charge in [-0.3, -0.25) is 0 Å². The number of hydrogen-bond donors (Lipinski definition) is 1. The normalized spacial score (nSPS) is 13.8. The van der Waals surface area contributed by atoms with Crippen molar-refractivity contribution in [3.8, 4) is 11.5 Å². The highest BCUT2D eigenvalue weighted by atomic mass is 19.1. The van der Waals surface area contributed by atoms with Crippen molar-refractivity contribution in [2.24, 2.45) is 0 Å². The second-order valence-electron chi connectivity index (χ2n) is 4.51. The van der Waals surface area contributed by atoms with Gasteiger partial charge in [0.1, 0.15) is 23.9 Å². The summed E-state index contributed by atoms with van der Waals surface area (Å²) in [5.41, 5.74) is 1.70. The lowest BCUT2D eigenvalue weighted by atomic mass is 10.1. The number of aromatic hydroxyl groups is 1. The molecule has 0 aromatic heterocycles. The first-order valence-corrected chi connectivity index (χ1v) is 6.18. The van der Waals surface area contributed by atoms with Crippen LogP contribution in [0.3, 0.4) is 0 Å². The van der Waals surface area contributed by atoms with Crippen LogP contribution in [-0.4, -0.2) is 18.3 Å². The molecule has 1 aliphatic heterocycles. The minimum atomic E-state index is -0.427. The highest BCUT2D eigenvalue weighted by Gasteiger charge is 2.18. The second kappa shape index (κ2) is 4.80. The molecule has 0 fully saturated rings. The molecule has 0 spiro atoms. The van der Waals surface area contributed by atoms with E-state index in [1.807, 2.05) is 24.3 Å². The van der Waals surface area contributed by atoms with E-state index in [0.29, 0.717) is 18.7 Å². The van der Waals surface area contributed by atoms with Crippen LogP contribution >= 0.6 is 0 Å². The summed E-state index contributed by atoms with van der Waals surface area (Å²) < 4.78 is 18.5. The van der Waals surface area contributed by atoms with Crippen LogP contribution in [0.15, 0.2) is 42.5 Å². The second-order valence-corrected chi connectivity index (χ2v) is 4.51. The summed E-state index contributed by atoms with van der Waals surface area (Å²) in [6, 6.07) is 11.9. The van der Waals surface area contributed by atoms with Gasteiger partial charge in [0.25, 0.3) is 0 Å². The third-order valence-electron chi connectivity index (χ3n) is 3.23. The summed E-state index contributed by atoms with van der Waals surface area (Å²) in [6.07, 6.45) is 0. The van der Waals surface area contributed by atoms with Crippen molar-refractivity contribution in [3.05, 3.63) is 53.8 Å². The minimum Gasteiger partial charge on any atom is -0.507 e. The van der Waals surface area contributed by atoms with E-state index in [9.17, 15) is 9.50 Å². The number of halogens is 1. The molecule has 1 aliphatic rings. The molecular weight excluding hydrogens is 245 g/mol. The number of rotatable bonds is 2. The van der Waals surface area contributed by atoms with Gasteiger partial charge in [-0.05, 0) is 18.2 Å². The Bertz CT molecular complexity index is 600. The van der Waals surface area contributed by atoms with Crippen LogP contribution < -0.4 is 9.64 Å². The zero-order valence-corrected chi connectivity index (χ0v) is 10.3. The van der Waals surface area contributed by atoms with Gasteiger partial charge in [0.05, 0.1) is 12.2 Å². The molecule has 4 heteroatoms. The molecular formula is C15H14FNO2. The maximum absolute atomic E-state index is 13.0. The van der Waals surface area contributed by atoms with Gasteiger partial charge in [0, 0.05) is 18.2 Å². The zero-order chi connectivity index (χ0) is 13.2. The lowest BCUT2D eigenvalue weighted by Gasteiger charge is -2.31. The predicted molar refractivity (Wildman–Crippen MR) is 71.1 cm³/mol. The van der Waals surface area contributed by atoms with Crippen LogP contribution in [0, 0.1) is 5.82 Å². The van der Waals surface area contributed by atoms with Crippen LogP contribution in [0.5, 0.6) is 11.5 Å². The van der Waals surface area contributed by atoms with Crippen molar-refractivity contribution >= 4 is 5.69 Å². The Labute approximate surface area is 110 Å². The summed E-state index contributed by atoms with van der Waals surface area (Å²) in [6.45, 7) is 1.89. The molecule has 0 unspecified atom stereocenters. The summed E-state index contributed by atoms with van der Waals surface area (Å²) >= 11 is 0. The molecule has 19 heavy (non-hydrogen) atoms. The largest absolute Gasteiger partial charge is 0.507 e. The van der Waals surface area contributed by atoms with Gasteiger partial charge in [-0.1, -0.05) is 18.2 Å². The zero-order valence-electron chi connectivity index (χ0n) is 10.3. The molecule has 3 rings (SSSR count). The van der Waals surface area contributed by atoms with Gasteiger partial charge in [-0.15, -0.1) is 0 Å². The van der Waals surface area contributed by atoms with E-state index in [1.165, 1.54) is 6.07 Å². The number of ether oxygens (including phenoxy) is 1. The molecule has 1 N–H and O–H groups in total. The summed E-state index contributed by atoms with van der Waals surface area (Å²) in [5.74, 6) is 0.406. The van der Waals surface area contributed by atoms with Gasteiger partial charge in [-0.25, -0.2) is 4.39 Å². The Kier molecular flexibility index (Phi) is 2.99. The third kappa shape index (κ3) is 2.34. The van der Waals surface area contributed by atoms with Crippen molar-refractivity contribution in [1.82, 2.24) is 0 Å². The standard InChI is InChI=1S/C15H14FNO2/c16-12-6-5-11(14(18)9-12)10-17-7-8-19-15-4-2-1-3-13(15)17/h1-6,9,18H,7-8,10H2. The number of hydrogen-bond acceptors (Lipinski definition) is 3. The van der Waals surface area contributed by atoms with Crippen molar-refractivity contribution in [1.29, 1.82) is 0 Å². The fourth-order valence-corrected chi connectivity index (χ4v) is 2.27. The van der Waals surface area contributed by atoms with Gasteiger partial charge < -0.3 is 14.7 Å². The summed E-state index contributed by atoms with van der Waals surface area (Å²) in [5, 5.41) is 9.77. The number of phenolic OH excluding ortho intramolecular Hbond substituents is 1. The van der Waals surface area contributed by atoms with Crippen molar-refractivity contribution in [3.63, 3.8) is 0 Å². The van der Waals surface area contributed by atoms with Crippen molar-refractivity contribution in [2.45, 2.75) is 6.54 Å². The predicted octanol–water partition coefficient (Wildman–Crippen LogP) is 2.93. The molecule has 2 aromatic rings. The molecule has 0 radical (unpaired) electrons. The van der Waals surface area contributed by atoms with Crippen molar-refractivity contribution in [2.75, 3.05) is 18.1 Å². The smallest absolute Gasteiger partial charge is 0.142 e. The Morgan fingerprint density at radius 3 is 2.89 bits per heavy atom. The Balaban J connectivity index is 1.88. The molecule has 0 atom stereocenters. The van der Waals surface area contributed by atoms with Crippen LogP contribution in [0.25, 0.3) is 0 Å². The molecule has 0 bridgehead atoms. The van der Waals surface area contributed by atoms with Crippen LogP contribution in [-0.2, 0) is 6.54 Å². The highest BCUT2D eigenvalue weighted by molar-refractivity contribution is 5.60. The maximum Gasteiger partial charge on any atom is 0.142 e. The average molecular weight is 259 g/mol. The lowest BCUT2D eigenvalue weighted by Crippen LogP contribution is -2.32. The SMILES string of the molecule is Oc1cc(F)ccc1CN1CCOc2ccccc21. The van der Waals surface area contributed by atoms with Gasteiger partial charge in [0.2, 0.25) is 0 Å². The van der Waals surface area contributed by atoms with Crippen molar-refractivity contribution < 1.29 is 14.2 Å². The monoisotopic (exact) mass is 259 g/mol. The number of benzene rings is 2. The minimum absolute atomic E-state index is 0.0102. The molecule has 3 nitrogen and oxygen atoms in total. The topological polar surface area (TPSA) is 32.7 Å². The number of anilines is 1. The van der Waals surface area contributed by atoms with Crippen LogP contribution in [0.4, 0.5) is 10.1 Å². The van der Waals surface area contributed by atoms with E-state index < -0.39 is 5.82 Å². The summed E-state index contributed by atoms with van der Waals surface area (Å²) in [4.78, 5) is 2.12. The average Bonchev–Trinajstić information content (AvgIpc) is 2.42. The number of phenols is 1. The number of para-hydroxylation sites is 2. The Hall–Kier alpha value is -2.23. The van der Waals surface area contributed by atoms with Gasteiger partial charge in [0.15, 0.2) is 0 Å². The number of fused-ring (bicyclic) bond motifs is 1. The first-order valence-electron chi connectivity index (χ1n) is 6.18.